The van der Waals surface area contributed by atoms with Crippen molar-refractivity contribution in [3.63, 3.8) is 0 Å². The molecule has 0 aromatic carbocycles. The van der Waals surface area contributed by atoms with E-state index in [0.29, 0.717) is 10.9 Å². The van der Waals surface area contributed by atoms with E-state index in [1.54, 1.807) is 6.07 Å². The van der Waals surface area contributed by atoms with Crippen LogP contribution in [0.15, 0.2) is 15.6 Å². The van der Waals surface area contributed by atoms with E-state index in [9.17, 15) is 0 Å². The number of nitrogens with zero attached hydrogens (tertiary/aromatic N) is 4. The van der Waals surface area contributed by atoms with Gasteiger partial charge in [-0.3, -0.25) is 5.41 Å². The van der Waals surface area contributed by atoms with E-state index in [1.807, 2.05) is 13.8 Å². The molecule has 6 nitrogen and oxygen atoms in total. The zero-order chi connectivity index (χ0) is 12.4. The minimum Gasteiger partial charge on any atom is -0.382 e. The van der Waals surface area contributed by atoms with Crippen LogP contribution in [0.25, 0.3) is 0 Å². The average Bonchev–Trinajstić information content (AvgIpc) is 2.63. The molecule has 2 heterocycles. The maximum absolute atomic E-state index is 7.37. The molecule has 0 aliphatic carbocycles. The van der Waals surface area contributed by atoms with Crippen LogP contribution in [0, 0.1) is 19.3 Å². The van der Waals surface area contributed by atoms with Crippen molar-refractivity contribution < 1.29 is 0 Å². The van der Waals surface area contributed by atoms with Crippen molar-refractivity contribution in [2.75, 3.05) is 0 Å². The molecular formula is C9H10N6S2. The minimum atomic E-state index is -0.0641. The fraction of sp³-hybridized carbons (Fsp3) is 0.222. The Labute approximate surface area is 106 Å². The molecule has 0 fully saturated rings. The molecule has 0 saturated heterocycles. The van der Waals surface area contributed by atoms with Crippen molar-refractivity contribution in [2.45, 2.75) is 23.3 Å². The summed E-state index contributed by atoms with van der Waals surface area (Å²) in [6.07, 6.45) is 0. The molecule has 0 aliphatic heterocycles. The van der Waals surface area contributed by atoms with Crippen molar-refractivity contribution in [1.82, 2.24) is 19.3 Å². The van der Waals surface area contributed by atoms with Crippen LogP contribution in [0.2, 0.25) is 0 Å². The van der Waals surface area contributed by atoms with Gasteiger partial charge in [0.2, 0.25) is 0 Å². The summed E-state index contributed by atoms with van der Waals surface area (Å²) < 4.78 is 4.86. The molecule has 0 spiro atoms. The van der Waals surface area contributed by atoms with Gasteiger partial charge in [0.1, 0.15) is 17.4 Å². The van der Waals surface area contributed by atoms with Crippen molar-refractivity contribution in [1.29, 1.82) is 5.41 Å². The van der Waals surface area contributed by atoms with E-state index in [4.69, 9.17) is 11.1 Å². The molecule has 0 aliphatic rings. The van der Waals surface area contributed by atoms with Crippen LogP contribution in [-0.4, -0.2) is 25.2 Å². The van der Waals surface area contributed by atoms with Gasteiger partial charge in [-0.05, 0) is 43.2 Å². The highest BCUT2D eigenvalue weighted by molar-refractivity contribution is 8.00. The molecule has 8 heteroatoms. The maximum Gasteiger partial charge on any atom is 0.195 e. The molecular weight excluding hydrogens is 256 g/mol. The van der Waals surface area contributed by atoms with Crippen LogP contribution in [-0.2, 0) is 0 Å². The fourth-order valence-corrected chi connectivity index (χ4v) is 2.70. The molecule has 0 bridgehead atoms. The maximum atomic E-state index is 7.37. The third-order valence-corrected chi connectivity index (χ3v) is 3.50. The smallest absolute Gasteiger partial charge is 0.195 e. The average molecular weight is 266 g/mol. The van der Waals surface area contributed by atoms with Gasteiger partial charge in [0, 0.05) is 5.69 Å². The molecule has 0 saturated carbocycles. The summed E-state index contributed by atoms with van der Waals surface area (Å²) in [7, 11) is 0. The second kappa shape index (κ2) is 4.76. The lowest BCUT2D eigenvalue weighted by Gasteiger charge is -2.02. The van der Waals surface area contributed by atoms with Crippen molar-refractivity contribution in [3.05, 3.63) is 23.3 Å². The lowest BCUT2D eigenvalue weighted by molar-refractivity contribution is 0.919. The van der Waals surface area contributed by atoms with Gasteiger partial charge in [-0.1, -0.05) is 0 Å². The summed E-state index contributed by atoms with van der Waals surface area (Å²) >= 11 is 2.63. The first-order chi connectivity index (χ1) is 8.04. The third kappa shape index (κ3) is 2.98. The number of amidine groups is 1. The Morgan fingerprint density at radius 2 is 2.12 bits per heavy atom. The SMILES string of the molecule is Cc1cc(C(=N)N)nc(Sc2nc(C)ns2)n1. The fourth-order valence-electron chi connectivity index (χ4n) is 1.12. The van der Waals surface area contributed by atoms with Crippen LogP contribution in [0.1, 0.15) is 17.2 Å². The molecule has 2 aromatic heterocycles. The van der Waals surface area contributed by atoms with Crippen LogP contribution < -0.4 is 5.73 Å². The van der Waals surface area contributed by atoms with Gasteiger partial charge in [-0.25, -0.2) is 15.0 Å². The number of hydrogen-bond donors (Lipinski definition) is 2. The molecule has 2 rings (SSSR count). The third-order valence-electron chi connectivity index (χ3n) is 1.80. The number of nitrogens with two attached hydrogens (primary N) is 1. The number of rotatable bonds is 3. The first-order valence-corrected chi connectivity index (χ1v) is 6.32. The molecule has 88 valence electrons. The lowest BCUT2D eigenvalue weighted by Crippen LogP contribution is -2.14. The van der Waals surface area contributed by atoms with Gasteiger partial charge in [-0.15, -0.1) is 0 Å². The predicted molar refractivity (Wildman–Crippen MR) is 66.6 cm³/mol. The molecule has 0 atom stereocenters. The summed E-state index contributed by atoms with van der Waals surface area (Å²) in [5, 5.41) is 7.90. The summed E-state index contributed by atoms with van der Waals surface area (Å²) in [6.45, 7) is 3.67. The Morgan fingerprint density at radius 1 is 1.35 bits per heavy atom. The molecule has 3 N–H and O–H groups in total. The highest BCUT2D eigenvalue weighted by atomic mass is 32.2. The molecule has 2 aromatic rings. The Bertz CT molecular complexity index is 564. The van der Waals surface area contributed by atoms with E-state index < -0.39 is 0 Å². The molecule has 0 amide bonds. The number of nitrogen functional groups attached to an aromatic ring is 1. The second-order valence-electron chi connectivity index (χ2n) is 3.30. The highest BCUT2D eigenvalue weighted by Gasteiger charge is 2.09. The van der Waals surface area contributed by atoms with E-state index in [1.165, 1.54) is 23.3 Å². The Hall–Kier alpha value is -1.54. The molecule has 0 unspecified atom stereocenters. The molecule has 17 heavy (non-hydrogen) atoms. The van der Waals surface area contributed by atoms with Crippen molar-refractivity contribution >= 4 is 29.1 Å². The van der Waals surface area contributed by atoms with Gasteiger partial charge in [-0.2, -0.15) is 4.37 Å². The quantitative estimate of drug-likeness (QED) is 0.494. The number of hydrogen-bond acceptors (Lipinski definition) is 7. The summed E-state index contributed by atoms with van der Waals surface area (Å²) in [6, 6.07) is 1.68. The summed E-state index contributed by atoms with van der Waals surface area (Å²) in [5.41, 5.74) is 6.61. The number of aromatic nitrogens is 4. The monoisotopic (exact) mass is 266 g/mol. The predicted octanol–water partition coefficient (Wildman–Crippen LogP) is 1.38. The summed E-state index contributed by atoms with van der Waals surface area (Å²) in [4.78, 5) is 12.7. The van der Waals surface area contributed by atoms with E-state index in [2.05, 4.69) is 19.3 Å². The Kier molecular flexibility index (Phi) is 3.34. The van der Waals surface area contributed by atoms with Gasteiger partial charge in [0.15, 0.2) is 9.50 Å². The number of nitrogens with one attached hydrogen (secondary N) is 1. The summed E-state index contributed by atoms with van der Waals surface area (Å²) in [5.74, 6) is 0.669. The van der Waals surface area contributed by atoms with Crippen LogP contribution in [0.3, 0.4) is 0 Å². The van der Waals surface area contributed by atoms with E-state index >= 15 is 0 Å². The number of aryl methyl sites for hydroxylation is 2. The standard InChI is InChI=1S/C9H10N6S2/c1-4-3-6(7(10)11)14-8(12-4)16-9-13-5(2)15-17-9/h3H,1-2H3,(H3,10,11). The zero-order valence-corrected chi connectivity index (χ0v) is 10.9. The first-order valence-electron chi connectivity index (χ1n) is 4.73. The van der Waals surface area contributed by atoms with Crippen molar-refractivity contribution in [3.8, 4) is 0 Å². The largest absolute Gasteiger partial charge is 0.382 e. The zero-order valence-electron chi connectivity index (χ0n) is 9.26. The van der Waals surface area contributed by atoms with Crippen LogP contribution in [0.5, 0.6) is 0 Å². The molecule has 0 radical (unpaired) electrons. The van der Waals surface area contributed by atoms with Crippen LogP contribution in [0.4, 0.5) is 0 Å². The van der Waals surface area contributed by atoms with Crippen LogP contribution >= 0.6 is 23.3 Å². The highest BCUT2D eigenvalue weighted by Crippen LogP contribution is 2.26. The Balaban J connectivity index is 2.29. The minimum absolute atomic E-state index is 0.0641. The first kappa shape index (κ1) is 11.9. The topological polar surface area (TPSA) is 101 Å². The van der Waals surface area contributed by atoms with Gasteiger partial charge >= 0.3 is 0 Å². The van der Waals surface area contributed by atoms with Gasteiger partial charge < -0.3 is 5.73 Å². The second-order valence-corrected chi connectivity index (χ2v) is 5.27. The van der Waals surface area contributed by atoms with Gasteiger partial charge in [0.05, 0.1) is 0 Å². The van der Waals surface area contributed by atoms with E-state index in [0.717, 1.165) is 15.9 Å². The normalized spacial score (nSPS) is 10.5. The van der Waals surface area contributed by atoms with E-state index in [-0.39, 0.29) is 5.84 Å². The van der Waals surface area contributed by atoms with Crippen molar-refractivity contribution in [2.24, 2.45) is 5.73 Å². The Morgan fingerprint density at radius 3 is 2.71 bits per heavy atom. The van der Waals surface area contributed by atoms with Gasteiger partial charge in [0.25, 0.3) is 0 Å². The lowest BCUT2D eigenvalue weighted by atomic mass is 10.3.